The van der Waals surface area contributed by atoms with Crippen molar-refractivity contribution in [1.29, 1.82) is 0 Å². The number of thiophene rings is 1. The van der Waals surface area contributed by atoms with E-state index >= 15 is 0 Å². The third-order valence-electron chi connectivity index (χ3n) is 5.36. The van der Waals surface area contributed by atoms with Crippen LogP contribution in [0.25, 0.3) is 21.2 Å². The van der Waals surface area contributed by atoms with Gasteiger partial charge in [0.05, 0.1) is 10.4 Å². The number of hydrogen-bond donors (Lipinski definition) is 2. The normalized spacial score (nSPS) is 15.0. The number of benzene rings is 2. The Kier molecular flexibility index (Phi) is 5.62. The van der Waals surface area contributed by atoms with Crippen molar-refractivity contribution in [3.63, 3.8) is 0 Å². The number of amides is 1. The highest BCUT2D eigenvalue weighted by Crippen LogP contribution is 2.33. The molecule has 1 fully saturated rings. The predicted octanol–water partition coefficient (Wildman–Crippen LogP) is 2.80. The third-order valence-corrected chi connectivity index (χ3v) is 6.48. The summed E-state index contributed by atoms with van der Waals surface area (Å²) in [5, 5.41) is 11.4. The molecule has 2 aromatic carbocycles. The number of nitrogens with zero attached hydrogens (tertiary/aromatic N) is 2. The minimum absolute atomic E-state index is 0.0178. The average molecular weight is 410 g/mol. The van der Waals surface area contributed by atoms with Gasteiger partial charge in [-0.25, -0.2) is 0 Å². The molecular weight excluding hydrogens is 386 g/mol. The molecular formula is C22H23N3O3S. The zero-order valence-electron chi connectivity index (χ0n) is 16.0. The van der Waals surface area contributed by atoms with Crippen LogP contribution in [0.15, 0.2) is 42.5 Å². The SMILES string of the molecule is NCCN1CCN(C(=O)c2ccc(-c3ccc4c(C=O)c(O)ccc4c3)s2)CC1. The molecule has 4 rings (SSSR count). The predicted molar refractivity (Wildman–Crippen MR) is 116 cm³/mol. The largest absolute Gasteiger partial charge is 0.507 e. The van der Waals surface area contributed by atoms with E-state index in [1.165, 1.54) is 17.4 Å². The maximum absolute atomic E-state index is 12.9. The lowest BCUT2D eigenvalue weighted by Crippen LogP contribution is -2.49. The molecule has 1 aliphatic rings. The zero-order chi connectivity index (χ0) is 20.4. The number of piperazine rings is 1. The van der Waals surface area contributed by atoms with Crippen molar-refractivity contribution < 1.29 is 14.7 Å². The Labute approximate surface area is 173 Å². The van der Waals surface area contributed by atoms with Crippen molar-refractivity contribution in [3.05, 3.63) is 52.9 Å². The first-order valence-corrected chi connectivity index (χ1v) is 10.4. The average Bonchev–Trinajstić information content (AvgIpc) is 3.24. The number of carbonyl (C=O) groups is 2. The highest BCUT2D eigenvalue weighted by Gasteiger charge is 2.23. The monoisotopic (exact) mass is 409 g/mol. The van der Waals surface area contributed by atoms with Crippen molar-refractivity contribution in [2.45, 2.75) is 0 Å². The molecule has 7 heteroatoms. The summed E-state index contributed by atoms with van der Waals surface area (Å²) in [5.74, 6) is 0.0541. The van der Waals surface area contributed by atoms with E-state index in [0.717, 1.165) is 53.4 Å². The van der Waals surface area contributed by atoms with Crippen molar-refractivity contribution in [3.8, 4) is 16.2 Å². The third kappa shape index (κ3) is 3.89. The van der Waals surface area contributed by atoms with E-state index in [2.05, 4.69) is 4.90 Å². The van der Waals surface area contributed by atoms with Gasteiger partial charge >= 0.3 is 0 Å². The first-order valence-electron chi connectivity index (χ1n) is 9.63. The summed E-state index contributed by atoms with van der Waals surface area (Å²) in [6.07, 6.45) is 0.673. The second kappa shape index (κ2) is 8.32. The number of phenols is 1. The van der Waals surface area contributed by atoms with E-state index in [4.69, 9.17) is 5.73 Å². The topological polar surface area (TPSA) is 86.9 Å². The van der Waals surface area contributed by atoms with Crippen LogP contribution >= 0.6 is 11.3 Å². The minimum atomic E-state index is -0.0178. The van der Waals surface area contributed by atoms with Crippen LogP contribution in [0.3, 0.4) is 0 Å². The Bertz CT molecular complexity index is 1050. The molecule has 0 aliphatic carbocycles. The van der Waals surface area contributed by atoms with Crippen LogP contribution in [0, 0.1) is 0 Å². The van der Waals surface area contributed by atoms with Crippen LogP contribution in [-0.4, -0.2) is 66.4 Å². The van der Waals surface area contributed by atoms with E-state index < -0.39 is 0 Å². The first-order chi connectivity index (χ1) is 14.1. The number of nitrogens with two attached hydrogens (primary N) is 1. The van der Waals surface area contributed by atoms with E-state index in [1.54, 1.807) is 6.07 Å². The van der Waals surface area contributed by atoms with Crippen molar-refractivity contribution in [2.24, 2.45) is 5.73 Å². The van der Waals surface area contributed by atoms with Gasteiger partial charge in [0, 0.05) is 44.1 Å². The quantitative estimate of drug-likeness (QED) is 0.633. The summed E-state index contributed by atoms with van der Waals surface area (Å²) in [5.41, 5.74) is 6.89. The fourth-order valence-electron chi connectivity index (χ4n) is 3.74. The molecule has 3 aromatic rings. The molecule has 0 bridgehead atoms. The highest BCUT2D eigenvalue weighted by molar-refractivity contribution is 7.17. The summed E-state index contributed by atoms with van der Waals surface area (Å²) in [6.45, 7) is 4.67. The molecule has 1 amide bonds. The number of carbonyl (C=O) groups excluding carboxylic acids is 2. The second-order valence-corrected chi connectivity index (χ2v) is 8.22. The van der Waals surface area contributed by atoms with Gasteiger partial charge in [-0.2, -0.15) is 0 Å². The summed E-state index contributed by atoms with van der Waals surface area (Å²) in [4.78, 5) is 30.1. The summed E-state index contributed by atoms with van der Waals surface area (Å²) >= 11 is 1.48. The van der Waals surface area contributed by atoms with Crippen LogP contribution in [0.2, 0.25) is 0 Å². The van der Waals surface area contributed by atoms with Crippen LogP contribution < -0.4 is 5.73 Å². The molecule has 1 aromatic heterocycles. The first kappa shape index (κ1) is 19.6. The summed E-state index contributed by atoms with van der Waals surface area (Å²) in [6, 6.07) is 12.9. The molecule has 6 nitrogen and oxygen atoms in total. The number of phenolic OH excluding ortho intramolecular Hbond substituents is 1. The van der Waals surface area contributed by atoms with Crippen LogP contribution in [0.4, 0.5) is 0 Å². The number of hydrogen-bond acceptors (Lipinski definition) is 6. The number of fused-ring (bicyclic) bond motifs is 1. The smallest absolute Gasteiger partial charge is 0.264 e. The number of rotatable bonds is 5. The van der Waals surface area contributed by atoms with Gasteiger partial charge in [0.15, 0.2) is 6.29 Å². The minimum Gasteiger partial charge on any atom is -0.507 e. The lowest BCUT2D eigenvalue weighted by Gasteiger charge is -2.34. The van der Waals surface area contributed by atoms with E-state index in [9.17, 15) is 14.7 Å². The van der Waals surface area contributed by atoms with Crippen LogP contribution in [0.1, 0.15) is 20.0 Å². The van der Waals surface area contributed by atoms with Crippen molar-refractivity contribution in [1.82, 2.24) is 9.80 Å². The standard InChI is InChI=1S/C22H23N3O3S/c23-7-8-24-9-11-25(12-10-24)22(28)21-6-5-20(29-21)16-1-3-17-15(13-16)2-4-19(27)18(17)14-26/h1-6,13-14,27H,7-12,23H2. The Morgan fingerprint density at radius 1 is 1.10 bits per heavy atom. The zero-order valence-corrected chi connectivity index (χ0v) is 16.8. The van der Waals surface area contributed by atoms with Gasteiger partial charge < -0.3 is 15.7 Å². The van der Waals surface area contributed by atoms with Gasteiger partial charge in [-0.05, 0) is 40.6 Å². The lowest BCUT2D eigenvalue weighted by molar-refractivity contribution is 0.0645. The van der Waals surface area contributed by atoms with Gasteiger partial charge in [-0.3, -0.25) is 14.5 Å². The number of aromatic hydroxyl groups is 1. The molecule has 1 saturated heterocycles. The molecule has 0 atom stereocenters. The molecule has 0 radical (unpaired) electrons. The Morgan fingerprint density at radius 2 is 1.90 bits per heavy atom. The number of aldehydes is 1. The molecule has 3 N–H and O–H groups in total. The fraction of sp³-hybridized carbons (Fsp3) is 0.273. The van der Waals surface area contributed by atoms with E-state index in [0.29, 0.717) is 23.8 Å². The van der Waals surface area contributed by atoms with Gasteiger partial charge in [0.1, 0.15) is 5.75 Å². The second-order valence-electron chi connectivity index (χ2n) is 7.14. The van der Waals surface area contributed by atoms with Crippen molar-refractivity contribution >= 4 is 34.3 Å². The van der Waals surface area contributed by atoms with Gasteiger partial charge in [0.2, 0.25) is 0 Å². The summed E-state index contributed by atoms with van der Waals surface area (Å²) < 4.78 is 0. The molecule has 2 heterocycles. The van der Waals surface area contributed by atoms with Crippen LogP contribution in [0.5, 0.6) is 5.75 Å². The maximum atomic E-state index is 12.9. The maximum Gasteiger partial charge on any atom is 0.264 e. The molecule has 1 aliphatic heterocycles. The molecule has 0 saturated carbocycles. The van der Waals surface area contributed by atoms with Crippen LogP contribution in [-0.2, 0) is 0 Å². The lowest BCUT2D eigenvalue weighted by atomic mass is 10.0. The van der Waals surface area contributed by atoms with Gasteiger partial charge in [-0.15, -0.1) is 11.3 Å². The van der Waals surface area contributed by atoms with Crippen molar-refractivity contribution in [2.75, 3.05) is 39.3 Å². The molecule has 29 heavy (non-hydrogen) atoms. The molecule has 0 unspecified atom stereocenters. The van der Waals surface area contributed by atoms with E-state index in [-0.39, 0.29) is 11.7 Å². The summed E-state index contributed by atoms with van der Waals surface area (Å²) in [7, 11) is 0. The highest BCUT2D eigenvalue weighted by atomic mass is 32.1. The fourth-order valence-corrected chi connectivity index (χ4v) is 4.71. The Morgan fingerprint density at radius 3 is 2.62 bits per heavy atom. The van der Waals surface area contributed by atoms with E-state index in [1.807, 2.05) is 35.2 Å². The Hall–Kier alpha value is -2.74. The molecule has 150 valence electrons. The van der Waals surface area contributed by atoms with Gasteiger partial charge in [-0.1, -0.05) is 18.2 Å². The Balaban J connectivity index is 1.54. The molecule has 0 spiro atoms. The van der Waals surface area contributed by atoms with Gasteiger partial charge in [0.25, 0.3) is 5.91 Å².